The van der Waals surface area contributed by atoms with Gasteiger partial charge in [0.2, 0.25) is 5.91 Å². The minimum atomic E-state index is -3.34. The van der Waals surface area contributed by atoms with Crippen LogP contribution in [-0.2, 0) is 21.2 Å². The molecule has 1 aromatic rings. The number of aromatic nitrogens is 1. The number of hydrogen-bond donors (Lipinski definition) is 2. The van der Waals surface area contributed by atoms with Crippen molar-refractivity contribution in [2.24, 2.45) is 0 Å². The highest BCUT2D eigenvalue weighted by atomic mass is 32.2. The maximum Gasteiger partial charge on any atom is 0.234 e. The zero-order chi connectivity index (χ0) is 13.4. The Kier molecular flexibility index (Phi) is 5.73. The molecule has 0 fully saturated rings. The Morgan fingerprint density at radius 3 is 2.78 bits per heavy atom. The molecule has 0 aliphatic rings. The number of hydrogen-bond acceptors (Lipinski definition) is 5. The van der Waals surface area contributed by atoms with Gasteiger partial charge in [0.15, 0.2) is 9.84 Å². The van der Waals surface area contributed by atoms with Gasteiger partial charge in [-0.15, -0.1) is 0 Å². The van der Waals surface area contributed by atoms with Gasteiger partial charge in [-0.3, -0.25) is 9.78 Å². The van der Waals surface area contributed by atoms with E-state index < -0.39 is 21.5 Å². The second-order valence-corrected chi connectivity index (χ2v) is 5.95. The quantitative estimate of drug-likeness (QED) is 0.642. The molecule has 0 atom stereocenters. The van der Waals surface area contributed by atoms with E-state index >= 15 is 0 Å². The van der Waals surface area contributed by atoms with Crippen LogP contribution in [0.3, 0.4) is 0 Å². The Bertz CT molecular complexity index is 474. The van der Waals surface area contributed by atoms with E-state index in [1.165, 1.54) is 7.05 Å². The van der Waals surface area contributed by atoms with E-state index in [4.69, 9.17) is 0 Å². The first-order valence-electron chi connectivity index (χ1n) is 5.55. The standard InChI is InChI=1S/C11H17N3O3S/c1-12-11(15)9-18(16,17)7-6-13-8-10-4-2-3-5-14-10/h2-5,13H,6-9H2,1H3,(H,12,15). The Balaban J connectivity index is 2.27. The smallest absolute Gasteiger partial charge is 0.234 e. The third kappa shape index (κ3) is 5.74. The normalized spacial score (nSPS) is 11.2. The van der Waals surface area contributed by atoms with Gasteiger partial charge in [0.25, 0.3) is 0 Å². The molecular formula is C11H17N3O3S. The minimum Gasteiger partial charge on any atom is -0.358 e. The fourth-order valence-electron chi connectivity index (χ4n) is 1.29. The fraction of sp³-hybridized carbons (Fsp3) is 0.455. The summed E-state index contributed by atoms with van der Waals surface area (Å²) >= 11 is 0. The van der Waals surface area contributed by atoms with Gasteiger partial charge in [0.05, 0.1) is 11.4 Å². The van der Waals surface area contributed by atoms with E-state index in [1.807, 2.05) is 18.2 Å². The molecule has 0 radical (unpaired) electrons. The summed E-state index contributed by atoms with van der Waals surface area (Å²) in [5, 5.41) is 5.26. The number of pyridine rings is 1. The fourth-order valence-corrected chi connectivity index (χ4v) is 2.43. The van der Waals surface area contributed by atoms with Crippen molar-refractivity contribution in [3.05, 3.63) is 30.1 Å². The average Bonchev–Trinajstić information content (AvgIpc) is 2.35. The molecular weight excluding hydrogens is 254 g/mol. The topological polar surface area (TPSA) is 88.2 Å². The highest BCUT2D eigenvalue weighted by Crippen LogP contribution is 1.93. The van der Waals surface area contributed by atoms with Crippen LogP contribution < -0.4 is 10.6 Å². The summed E-state index contributed by atoms with van der Waals surface area (Å²) in [6, 6.07) is 5.54. The monoisotopic (exact) mass is 271 g/mol. The molecule has 0 bridgehead atoms. The molecule has 0 saturated heterocycles. The zero-order valence-electron chi connectivity index (χ0n) is 10.2. The van der Waals surface area contributed by atoms with Gasteiger partial charge in [-0.1, -0.05) is 6.07 Å². The van der Waals surface area contributed by atoms with E-state index in [1.54, 1.807) is 6.20 Å². The van der Waals surface area contributed by atoms with Crippen molar-refractivity contribution in [1.82, 2.24) is 15.6 Å². The lowest BCUT2D eigenvalue weighted by atomic mass is 10.3. The Hall–Kier alpha value is -1.47. The van der Waals surface area contributed by atoms with Crippen molar-refractivity contribution >= 4 is 15.7 Å². The first kappa shape index (κ1) is 14.6. The predicted octanol–water partition coefficient (Wildman–Crippen LogP) is -0.668. The van der Waals surface area contributed by atoms with Gasteiger partial charge in [0.1, 0.15) is 5.75 Å². The number of carbonyl (C=O) groups excluding carboxylic acids is 1. The molecule has 0 saturated carbocycles. The first-order valence-corrected chi connectivity index (χ1v) is 7.37. The van der Waals surface area contributed by atoms with Crippen LogP contribution in [0.15, 0.2) is 24.4 Å². The zero-order valence-corrected chi connectivity index (χ0v) is 11.0. The summed E-state index contributed by atoms with van der Waals surface area (Å²) in [5.74, 6) is -1.01. The van der Waals surface area contributed by atoms with Crippen molar-refractivity contribution < 1.29 is 13.2 Å². The van der Waals surface area contributed by atoms with E-state index in [0.717, 1.165) is 5.69 Å². The summed E-state index contributed by atoms with van der Waals surface area (Å²) in [6.07, 6.45) is 1.68. The van der Waals surface area contributed by atoms with Gasteiger partial charge >= 0.3 is 0 Å². The van der Waals surface area contributed by atoms with Gasteiger partial charge in [-0.2, -0.15) is 0 Å². The van der Waals surface area contributed by atoms with Crippen LogP contribution in [-0.4, -0.2) is 44.4 Å². The lowest BCUT2D eigenvalue weighted by Gasteiger charge is -2.05. The summed E-state index contributed by atoms with van der Waals surface area (Å²) in [5.41, 5.74) is 0.848. The molecule has 7 heteroatoms. The van der Waals surface area contributed by atoms with Crippen molar-refractivity contribution in [2.45, 2.75) is 6.54 Å². The number of carbonyl (C=O) groups is 1. The van der Waals surface area contributed by atoms with Crippen LogP contribution in [0.2, 0.25) is 0 Å². The second kappa shape index (κ2) is 7.07. The van der Waals surface area contributed by atoms with Crippen LogP contribution >= 0.6 is 0 Å². The molecule has 1 heterocycles. The van der Waals surface area contributed by atoms with Gasteiger partial charge < -0.3 is 10.6 Å². The van der Waals surface area contributed by atoms with Crippen LogP contribution in [0, 0.1) is 0 Å². The lowest BCUT2D eigenvalue weighted by Crippen LogP contribution is -2.31. The van der Waals surface area contributed by atoms with Crippen LogP contribution in [0.1, 0.15) is 5.69 Å². The largest absolute Gasteiger partial charge is 0.358 e. The summed E-state index contributed by atoms with van der Waals surface area (Å²) in [6.45, 7) is 0.812. The van der Waals surface area contributed by atoms with Crippen molar-refractivity contribution in [2.75, 3.05) is 25.1 Å². The number of nitrogens with one attached hydrogen (secondary N) is 2. The average molecular weight is 271 g/mol. The van der Waals surface area contributed by atoms with Crippen molar-refractivity contribution in [1.29, 1.82) is 0 Å². The molecule has 0 spiro atoms. The highest BCUT2D eigenvalue weighted by molar-refractivity contribution is 7.92. The van der Waals surface area contributed by atoms with Gasteiger partial charge in [0, 0.05) is 26.3 Å². The molecule has 1 rings (SSSR count). The molecule has 18 heavy (non-hydrogen) atoms. The third-order valence-corrected chi connectivity index (χ3v) is 3.78. The lowest BCUT2D eigenvalue weighted by molar-refractivity contribution is -0.118. The number of amides is 1. The van der Waals surface area contributed by atoms with Crippen LogP contribution in [0.5, 0.6) is 0 Å². The molecule has 0 aliphatic carbocycles. The maximum atomic E-state index is 11.5. The van der Waals surface area contributed by atoms with Crippen LogP contribution in [0.25, 0.3) is 0 Å². The predicted molar refractivity (Wildman–Crippen MR) is 68.7 cm³/mol. The first-order chi connectivity index (χ1) is 8.53. The summed E-state index contributed by atoms with van der Waals surface area (Å²) in [4.78, 5) is 15.1. The molecule has 0 aromatic carbocycles. The Morgan fingerprint density at radius 1 is 1.39 bits per heavy atom. The molecule has 1 amide bonds. The molecule has 6 nitrogen and oxygen atoms in total. The van der Waals surface area contributed by atoms with Crippen LogP contribution in [0.4, 0.5) is 0 Å². The third-order valence-electron chi connectivity index (χ3n) is 2.25. The number of rotatable bonds is 7. The van der Waals surface area contributed by atoms with E-state index in [2.05, 4.69) is 15.6 Å². The Morgan fingerprint density at radius 2 is 2.17 bits per heavy atom. The van der Waals surface area contributed by atoms with Crippen molar-refractivity contribution in [3.8, 4) is 0 Å². The van der Waals surface area contributed by atoms with E-state index in [0.29, 0.717) is 13.1 Å². The molecule has 0 aliphatic heterocycles. The minimum absolute atomic E-state index is 0.0622. The Labute approximate surface area is 107 Å². The number of sulfone groups is 1. The second-order valence-electron chi connectivity index (χ2n) is 3.76. The summed E-state index contributed by atoms with van der Waals surface area (Å²) in [7, 11) is -1.93. The maximum absolute atomic E-state index is 11.5. The number of nitrogens with zero attached hydrogens (tertiary/aromatic N) is 1. The van der Waals surface area contributed by atoms with Crippen molar-refractivity contribution in [3.63, 3.8) is 0 Å². The van der Waals surface area contributed by atoms with E-state index in [-0.39, 0.29) is 5.75 Å². The summed E-state index contributed by atoms with van der Waals surface area (Å²) < 4.78 is 23.0. The molecule has 2 N–H and O–H groups in total. The molecule has 0 unspecified atom stereocenters. The molecule has 1 aromatic heterocycles. The van der Waals surface area contributed by atoms with Gasteiger partial charge in [-0.25, -0.2) is 8.42 Å². The van der Waals surface area contributed by atoms with Gasteiger partial charge in [-0.05, 0) is 12.1 Å². The van der Waals surface area contributed by atoms with E-state index in [9.17, 15) is 13.2 Å². The highest BCUT2D eigenvalue weighted by Gasteiger charge is 2.14. The molecule has 100 valence electrons. The SMILES string of the molecule is CNC(=O)CS(=O)(=O)CCNCc1ccccn1.